The topological polar surface area (TPSA) is 46.5 Å². The lowest BCUT2D eigenvalue weighted by molar-refractivity contribution is -0.138. The number of thioether (sulfide) groups is 1. The highest BCUT2D eigenvalue weighted by Gasteiger charge is 2.29. The molecule has 0 aliphatic heterocycles. The van der Waals surface area contributed by atoms with Crippen molar-refractivity contribution in [2.75, 3.05) is 7.11 Å². The quantitative estimate of drug-likeness (QED) is 0.866. The largest absolute Gasteiger partial charge is 0.496 e. The summed E-state index contributed by atoms with van der Waals surface area (Å²) in [5.41, 5.74) is 0. The molecule has 1 aromatic rings. The molecule has 0 unspecified atom stereocenters. The number of hydrogen-bond donors (Lipinski definition) is 1. The van der Waals surface area contributed by atoms with Crippen molar-refractivity contribution in [2.24, 2.45) is 0 Å². The molecule has 0 radical (unpaired) electrons. The van der Waals surface area contributed by atoms with E-state index in [2.05, 4.69) is 15.9 Å². The van der Waals surface area contributed by atoms with Gasteiger partial charge >= 0.3 is 5.97 Å². The number of halogens is 1. The molecule has 0 aromatic heterocycles. The van der Waals surface area contributed by atoms with Gasteiger partial charge in [0.15, 0.2) is 0 Å². The Bertz CT molecular complexity index is 404. The van der Waals surface area contributed by atoms with Crippen molar-refractivity contribution in [3.63, 3.8) is 0 Å². The van der Waals surface area contributed by atoms with Crippen LogP contribution in [0.4, 0.5) is 0 Å². The number of methoxy groups -OCH3 is 1. The number of ether oxygens (including phenoxy) is 1. The van der Waals surface area contributed by atoms with Gasteiger partial charge in [0.1, 0.15) is 10.5 Å². The van der Waals surface area contributed by atoms with Crippen molar-refractivity contribution in [1.29, 1.82) is 0 Å². The molecule has 1 rings (SSSR count). The molecule has 0 heterocycles. The highest BCUT2D eigenvalue weighted by atomic mass is 79.9. The van der Waals surface area contributed by atoms with Gasteiger partial charge in [-0.1, -0.05) is 15.9 Å². The van der Waals surface area contributed by atoms with Crippen LogP contribution in [0.15, 0.2) is 27.6 Å². The van der Waals surface area contributed by atoms with Gasteiger partial charge in [-0.2, -0.15) is 0 Å². The standard InChI is InChI=1S/C11H13BrO3S/c1-11(2,10(13)14)16-9-6-7(12)4-5-8(9)15-3/h4-6H,1-3H3,(H,13,14). The van der Waals surface area contributed by atoms with Crippen LogP contribution >= 0.6 is 27.7 Å². The number of aliphatic carboxylic acids is 1. The first-order valence-corrected chi connectivity index (χ1v) is 6.23. The average molecular weight is 305 g/mol. The Kier molecular flexibility index (Phi) is 4.27. The predicted molar refractivity (Wildman–Crippen MR) is 68.3 cm³/mol. The zero-order valence-corrected chi connectivity index (χ0v) is 11.7. The predicted octanol–water partition coefficient (Wildman–Crippen LogP) is 3.41. The third-order valence-electron chi connectivity index (χ3n) is 2.01. The first kappa shape index (κ1) is 13.4. The van der Waals surface area contributed by atoms with Crippen LogP contribution in [0, 0.1) is 0 Å². The van der Waals surface area contributed by atoms with Crippen LogP contribution in [0.3, 0.4) is 0 Å². The van der Waals surface area contributed by atoms with Crippen LogP contribution < -0.4 is 4.74 Å². The van der Waals surface area contributed by atoms with E-state index in [0.29, 0.717) is 5.75 Å². The Labute approximate surface area is 107 Å². The van der Waals surface area contributed by atoms with Crippen molar-refractivity contribution in [3.05, 3.63) is 22.7 Å². The molecular weight excluding hydrogens is 292 g/mol. The van der Waals surface area contributed by atoms with Gasteiger partial charge in [-0.3, -0.25) is 4.79 Å². The second-order valence-electron chi connectivity index (χ2n) is 3.71. The minimum Gasteiger partial charge on any atom is -0.496 e. The molecule has 0 saturated carbocycles. The molecule has 0 spiro atoms. The fourth-order valence-electron chi connectivity index (χ4n) is 1.05. The number of carboxylic acid groups (broad SMARTS) is 1. The third kappa shape index (κ3) is 3.15. The molecule has 3 nitrogen and oxygen atoms in total. The summed E-state index contributed by atoms with van der Waals surface area (Å²) in [6, 6.07) is 5.52. The molecule has 88 valence electrons. The van der Waals surface area contributed by atoms with Crippen LogP contribution in [0.1, 0.15) is 13.8 Å². The van der Waals surface area contributed by atoms with E-state index < -0.39 is 10.7 Å². The van der Waals surface area contributed by atoms with E-state index in [9.17, 15) is 4.79 Å². The molecule has 0 atom stereocenters. The third-order valence-corrected chi connectivity index (χ3v) is 3.72. The van der Waals surface area contributed by atoms with E-state index in [0.717, 1.165) is 9.37 Å². The van der Waals surface area contributed by atoms with Gasteiger partial charge in [0, 0.05) is 4.47 Å². The molecule has 1 N–H and O–H groups in total. The van der Waals surface area contributed by atoms with Gasteiger partial charge < -0.3 is 9.84 Å². The van der Waals surface area contributed by atoms with E-state index in [1.165, 1.54) is 11.8 Å². The monoisotopic (exact) mass is 304 g/mol. The van der Waals surface area contributed by atoms with E-state index in [1.807, 2.05) is 18.2 Å². The number of benzene rings is 1. The minimum atomic E-state index is -0.881. The fraction of sp³-hybridized carbons (Fsp3) is 0.364. The Morgan fingerprint density at radius 2 is 2.12 bits per heavy atom. The highest BCUT2D eigenvalue weighted by Crippen LogP contribution is 2.39. The number of carboxylic acids is 1. The molecule has 0 aliphatic rings. The summed E-state index contributed by atoms with van der Waals surface area (Å²) in [4.78, 5) is 11.8. The molecule has 0 fully saturated rings. The SMILES string of the molecule is COc1ccc(Br)cc1SC(C)(C)C(=O)O. The molecule has 0 aliphatic carbocycles. The van der Waals surface area contributed by atoms with Gasteiger partial charge in [-0.25, -0.2) is 0 Å². The molecule has 16 heavy (non-hydrogen) atoms. The maximum Gasteiger partial charge on any atom is 0.319 e. The normalized spacial score (nSPS) is 11.2. The van der Waals surface area contributed by atoms with Crippen LogP contribution in [0.5, 0.6) is 5.75 Å². The Balaban J connectivity index is 3.04. The molecule has 0 bridgehead atoms. The van der Waals surface area contributed by atoms with E-state index in [1.54, 1.807) is 21.0 Å². The Hall–Kier alpha value is -0.680. The van der Waals surface area contributed by atoms with Gasteiger partial charge in [-0.05, 0) is 32.0 Å². The van der Waals surface area contributed by atoms with Crippen molar-refractivity contribution in [3.8, 4) is 5.75 Å². The van der Waals surface area contributed by atoms with Crippen LogP contribution in [0.25, 0.3) is 0 Å². The van der Waals surface area contributed by atoms with Crippen molar-refractivity contribution in [2.45, 2.75) is 23.5 Å². The van der Waals surface area contributed by atoms with Gasteiger partial charge in [-0.15, -0.1) is 11.8 Å². The number of hydrogen-bond acceptors (Lipinski definition) is 3. The summed E-state index contributed by atoms with van der Waals surface area (Å²) in [7, 11) is 1.57. The lowest BCUT2D eigenvalue weighted by Gasteiger charge is -2.19. The molecule has 0 amide bonds. The van der Waals surface area contributed by atoms with Crippen molar-refractivity contribution < 1.29 is 14.6 Å². The Morgan fingerprint density at radius 1 is 1.50 bits per heavy atom. The van der Waals surface area contributed by atoms with Crippen molar-refractivity contribution >= 4 is 33.7 Å². The molecule has 5 heteroatoms. The smallest absolute Gasteiger partial charge is 0.319 e. The van der Waals surface area contributed by atoms with Gasteiger partial charge in [0.05, 0.1) is 12.0 Å². The summed E-state index contributed by atoms with van der Waals surface area (Å²) < 4.78 is 5.21. The molecule has 1 aromatic carbocycles. The van der Waals surface area contributed by atoms with Gasteiger partial charge in [0.25, 0.3) is 0 Å². The zero-order chi connectivity index (χ0) is 12.3. The summed E-state index contributed by atoms with van der Waals surface area (Å²) in [5, 5.41) is 9.06. The maximum absolute atomic E-state index is 11.0. The first-order valence-electron chi connectivity index (χ1n) is 4.63. The zero-order valence-electron chi connectivity index (χ0n) is 9.28. The second-order valence-corrected chi connectivity index (χ2v) is 6.29. The number of carbonyl (C=O) groups is 1. The minimum absolute atomic E-state index is 0.683. The second kappa shape index (κ2) is 5.10. The summed E-state index contributed by atoms with van der Waals surface area (Å²) >= 11 is 4.62. The molecule has 0 saturated heterocycles. The van der Waals surface area contributed by atoms with E-state index in [4.69, 9.17) is 9.84 Å². The average Bonchev–Trinajstić information content (AvgIpc) is 2.17. The van der Waals surface area contributed by atoms with Crippen molar-refractivity contribution in [1.82, 2.24) is 0 Å². The lowest BCUT2D eigenvalue weighted by atomic mass is 10.2. The molecular formula is C11H13BrO3S. The lowest BCUT2D eigenvalue weighted by Crippen LogP contribution is -2.26. The van der Waals surface area contributed by atoms with Crippen LogP contribution in [-0.4, -0.2) is 22.9 Å². The van der Waals surface area contributed by atoms with Crippen LogP contribution in [0.2, 0.25) is 0 Å². The first-order chi connectivity index (χ1) is 7.36. The van der Waals surface area contributed by atoms with Gasteiger partial charge in [0.2, 0.25) is 0 Å². The van der Waals surface area contributed by atoms with Crippen LogP contribution in [-0.2, 0) is 4.79 Å². The van der Waals surface area contributed by atoms with E-state index >= 15 is 0 Å². The summed E-state index contributed by atoms with van der Waals surface area (Å²) in [5.74, 6) is -0.165. The highest BCUT2D eigenvalue weighted by molar-refractivity contribution is 9.10. The Morgan fingerprint density at radius 3 is 2.62 bits per heavy atom. The van der Waals surface area contributed by atoms with E-state index in [-0.39, 0.29) is 0 Å². The summed E-state index contributed by atoms with van der Waals surface area (Å²) in [6.07, 6.45) is 0. The fourth-order valence-corrected chi connectivity index (χ4v) is 2.64. The number of rotatable bonds is 4. The maximum atomic E-state index is 11.0. The summed E-state index contributed by atoms with van der Waals surface area (Å²) in [6.45, 7) is 3.33.